The fourth-order valence-corrected chi connectivity index (χ4v) is 4.34. The molecule has 34 heavy (non-hydrogen) atoms. The Bertz CT molecular complexity index is 1090. The van der Waals surface area contributed by atoms with Crippen molar-refractivity contribution in [3.05, 3.63) is 53.7 Å². The van der Waals surface area contributed by atoms with Crippen LogP contribution in [0.25, 0.3) is 5.57 Å². The SMILES string of the molecule is CCCN1C(=O)C(Nc2ccc(N3CCN(C)CC3)cc2)=C(c2ccc(OC)c(OC)c2)C1=O. The Hall–Kier alpha value is -3.52. The highest BCUT2D eigenvalue weighted by Gasteiger charge is 2.39. The van der Waals surface area contributed by atoms with Gasteiger partial charge in [0.05, 0.1) is 19.8 Å². The van der Waals surface area contributed by atoms with Gasteiger partial charge in [-0.2, -0.15) is 0 Å². The first-order valence-electron chi connectivity index (χ1n) is 11.6. The zero-order valence-corrected chi connectivity index (χ0v) is 20.3. The zero-order valence-electron chi connectivity index (χ0n) is 20.3. The molecule has 0 bridgehead atoms. The lowest BCUT2D eigenvalue weighted by Crippen LogP contribution is -2.44. The maximum atomic E-state index is 13.3. The van der Waals surface area contributed by atoms with E-state index in [0.29, 0.717) is 35.6 Å². The van der Waals surface area contributed by atoms with Gasteiger partial charge in [0.25, 0.3) is 11.8 Å². The molecule has 1 saturated heterocycles. The van der Waals surface area contributed by atoms with Crippen molar-refractivity contribution in [3.63, 3.8) is 0 Å². The molecule has 2 amide bonds. The number of carbonyl (C=O) groups is 2. The summed E-state index contributed by atoms with van der Waals surface area (Å²) < 4.78 is 10.7. The van der Waals surface area contributed by atoms with E-state index in [0.717, 1.165) is 37.6 Å². The highest BCUT2D eigenvalue weighted by atomic mass is 16.5. The van der Waals surface area contributed by atoms with E-state index in [1.54, 1.807) is 32.4 Å². The van der Waals surface area contributed by atoms with E-state index in [-0.39, 0.29) is 17.5 Å². The van der Waals surface area contributed by atoms with Crippen LogP contribution in [0.5, 0.6) is 11.5 Å². The number of methoxy groups -OCH3 is 2. The second-order valence-corrected chi connectivity index (χ2v) is 8.54. The number of ether oxygens (including phenoxy) is 2. The fourth-order valence-electron chi connectivity index (χ4n) is 4.34. The lowest BCUT2D eigenvalue weighted by Gasteiger charge is -2.34. The smallest absolute Gasteiger partial charge is 0.278 e. The van der Waals surface area contributed by atoms with E-state index >= 15 is 0 Å². The second kappa shape index (κ2) is 10.2. The van der Waals surface area contributed by atoms with Crippen LogP contribution < -0.4 is 19.7 Å². The Balaban J connectivity index is 1.65. The van der Waals surface area contributed by atoms with Crippen LogP contribution in [0.2, 0.25) is 0 Å². The molecule has 0 saturated carbocycles. The number of nitrogens with one attached hydrogen (secondary N) is 1. The average molecular weight is 465 g/mol. The van der Waals surface area contributed by atoms with Crippen molar-refractivity contribution >= 4 is 28.8 Å². The van der Waals surface area contributed by atoms with E-state index < -0.39 is 0 Å². The number of hydrogen-bond donors (Lipinski definition) is 1. The molecule has 0 atom stereocenters. The average Bonchev–Trinajstić information content (AvgIpc) is 3.09. The summed E-state index contributed by atoms with van der Waals surface area (Å²) in [6.45, 7) is 6.34. The number of amides is 2. The van der Waals surface area contributed by atoms with Gasteiger partial charge in [-0.1, -0.05) is 13.0 Å². The van der Waals surface area contributed by atoms with Gasteiger partial charge >= 0.3 is 0 Å². The highest BCUT2D eigenvalue weighted by molar-refractivity contribution is 6.36. The van der Waals surface area contributed by atoms with Crippen LogP contribution in [0.3, 0.4) is 0 Å². The third-order valence-corrected chi connectivity index (χ3v) is 6.29. The fraction of sp³-hybridized carbons (Fsp3) is 0.385. The lowest BCUT2D eigenvalue weighted by molar-refractivity contribution is -0.136. The number of likely N-dealkylation sites (N-methyl/N-ethyl adjacent to an activating group) is 1. The molecule has 2 aliphatic heterocycles. The predicted octanol–water partition coefficient (Wildman–Crippen LogP) is 3.06. The number of piperazine rings is 1. The summed E-state index contributed by atoms with van der Waals surface area (Å²) >= 11 is 0. The van der Waals surface area contributed by atoms with Crippen LogP contribution in [0.15, 0.2) is 48.2 Å². The molecule has 8 heteroatoms. The third-order valence-electron chi connectivity index (χ3n) is 6.29. The number of nitrogens with zero attached hydrogens (tertiary/aromatic N) is 3. The molecule has 0 aromatic heterocycles. The normalized spacial score (nSPS) is 16.9. The lowest BCUT2D eigenvalue weighted by atomic mass is 10.0. The van der Waals surface area contributed by atoms with Crippen molar-refractivity contribution in [2.45, 2.75) is 13.3 Å². The third kappa shape index (κ3) is 4.59. The van der Waals surface area contributed by atoms with Gasteiger partial charge in [-0.3, -0.25) is 14.5 Å². The number of imide groups is 1. The molecule has 1 fully saturated rings. The number of carbonyl (C=O) groups excluding carboxylic acids is 2. The van der Waals surface area contributed by atoms with Crippen LogP contribution in [0.4, 0.5) is 11.4 Å². The Morgan fingerprint density at radius 2 is 1.56 bits per heavy atom. The molecule has 180 valence electrons. The first kappa shape index (κ1) is 23.6. The standard InChI is InChI=1S/C26H32N4O4/c1-5-12-30-25(31)23(18-6-11-21(33-3)22(17-18)34-4)24(26(30)32)27-19-7-9-20(10-8-19)29-15-13-28(2)14-16-29/h6-11,17,27H,5,12-16H2,1-4H3. The number of benzene rings is 2. The van der Waals surface area contributed by atoms with Crippen molar-refractivity contribution < 1.29 is 19.1 Å². The van der Waals surface area contributed by atoms with Gasteiger partial charge < -0.3 is 24.6 Å². The summed E-state index contributed by atoms with van der Waals surface area (Å²) in [5.41, 5.74) is 3.12. The molecular formula is C26H32N4O4. The van der Waals surface area contributed by atoms with Crippen LogP contribution in [-0.4, -0.2) is 75.6 Å². The Kier molecular flexibility index (Phi) is 7.07. The molecule has 2 aliphatic rings. The number of rotatable bonds is 8. The molecule has 4 rings (SSSR count). The summed E-state index contributed by atoms with van der Waals surface area (Å²) in [6.07, 6.45) is 0.684. The summed E-state index contributed by atoms with van der Waals surface area (Å²) in [7, 11) is 5.24. The first-order chi connectivity index (χ1) is 16.5. The van der Waals surface area contributed by atoms with E-state index in [9.17, 15) is 9.59 Å². The minimum atomic E-state index is -0.320. The van der Waals surface area contributed by atoms with Crippen molar-refractivity contribution in [1.29, 1.82) is 0 Å². The van der Waals surface area contributed by atoms with Crippen molar-refractivity contribution in [2.75, 3.05) is 64.2 Å². The zero-order chi connectivity index (χ0) is 24.2. The van der Waals surface area contributed by atoms with Gasteiger partial charge in [-0.25, -0.2) is 0 Å². The van der Waals surface area contributed by atoms with E-state index in [4.69, 9.17) is 9.47 Å². The molecule has 8 nitrogen and oxygen atoms in total. The van der Waals surface area contributed by atoms with Crippen molar-refractivity contribution in [2.24, 2.45) is 0 Å². The molecule has 2 heterocycles. The molecule has 2 aromatic rings. The molecule has 0 aliphatic carbocycles. The van der Waals surface area contributed by atoms with Gasteiger partial charge in [-0.15, -0.1) is 0 Å². The largest absolute Gasteiger partial charge is 0.493 e. The van der Waals surface area contributed by atoms with E-state index in [1.807, 2.05) is 19.1 Å². The first-order valence-corrected chi connectivity index (χ1v) is 11.6. The Morgan fingerprint density at radius 3 is 2.18 bits per heavy atom. The maximum absolute atomic E-state index is 13.3. The summed E-state index contributed by atoms with van der Waals surface area (Å²) in [5.74, 6) is 0.427. The van der Waals surface area contributed by atoms with Gasteiger partial charge in [0.2, 0.25) is 0 Å². The second-order valence-electron chi connectivity index (χ2n) is 8.54. The summed E-state index contributed by atoms with van der Waals surface area (Å²) in [6, 6.07) is 13.2. The molecule has 0 unspecified atom stereocenters. The molecule has 0 spiro atoms. The summed E-state index contributed by atoms with van der Waals surface area (Å²) in [4.78, 5) is 32.5. The van der Waals surface area contributed by atoms with Gasteiger partial charge in [0.1, 0.15) is 5.70 Å². The predicted molar refractivity (Wildman–Crippen MR) is 133 cm³/mol. The van der Waals surface area contributed by atoms with Crippen LogP contribution in [0.1, 0.15) is 18.9 Å². The quantitative estimate of drug-likeness (QED) is 0.602. The minimum Gasteiger partial charge on any atom is -0.493 e. The van der Waals surface area contributed by atoms with E-state index in [1.165, 1.54) is 4.90 Å². The van der Waals surface area contributed by atoms with Crippen molar-refractivity contribution in [3.8, 4) is 11.5 Å². The monoisotopic (exact) mass is 464 g/mol. The van der Waals surface area contributed by atoms with Crippen molar-refractivity contribution in [1.82, 2.24) is 9.80 Å². The molecule has 0 radical (unpaired) electrons. The summed E-state index contributed by atoms with van der Waals surface area (Å²) in [5, 5.41) is 3.23. The molecular weight excluding hydrogens is 432 g/mol. The number of hydrogen-bond acceptors (Lipinski definition) is 7. The van der Waals surface area contributed by atoms with Gasteiger partial charge in [0, 0.05) is 44.1 Å². The Labute approximate surface area is 200 Å². The number of anilines is 2. The van der Waals surface area contributed by atoms with Gasteiger partial charge in [-0.05, 0) is 55.4 Å². The topological polar surface area (TPSA) is 74.4 Å². The molecule has 1 N–H and O–H groups in total. The Morgan fingerprint density at radius 1 is 0.882 bits per heavy atom. The van der Waals surface area contributed by atoms with Crippen LogP contribution in [-0.2, 0) is 9.59 Å². The highest BCUT2D eigenvalue weighted by Crippen LogP contribution is 2.36. The maximum Gasteiger partial charge on any atom is 0.278 e. The molecule has 2 aromatic carbocycles. The van der Waals surface area contributed by atoms with Crippen LogP contribution >= 0.6 is 0 Å². The van der Waals surface area contributed by atoms with Crippen LogP contribution in [0, 0.1) is 0 Å². The van der Waals surface area contributed by atoms with Gasteiger partial charge in [0.15, 0.2) is 11.5 Å². The minimum absolute atomic E-state index is 0.276. The van der Waals surface area contributed by atoms with E-state index in [2.05, 4.69) is 34.3 Å².